The van der Waals surface area contributed by atoms with E-state index in [9.17, 15) is 9.90 Å². The number of carbonyl (C=O) groups is 1. The standard InChI is InChI=1S/C14H15N3O3/c18-10-1-2-11-12(9-10)15-4-3-13(11)16-5-7-17(8-6-16)14(19)20/h1-4,9,18H,5-8H2,(H,19,20). The van der Waals surface area contributed by atoms with Gasteiger partial charge in [0.15, 0.2) is 0 Å². The number of amides is 1. The zero-order chi connectivity index (χ0) is 14.1. The molecule has 1 fully saturated rings. The van der Waals surface area contributed by atoms with E-state index >= 15 is 0 Å². The number of fused-ring (bicyclic) bond motifs is 1. The third kappa shape index (κ3) is 2.20. The van der Waals surface area contributed by atoms with Gasteiger partial charge in [0.1, 0.15) is 5.75 Å². The fourth-order valence-corrected chi connectivity index (χ4v) is 2.54. The summed E-state index contributed by atoms with van der Waals surface area (Å²) in [5, 5.41) is 19.4. The maximum absolute atomic E-state index is 10.9. The Labute approximate surface area is 115 Å². The van der Waals surface area contributed by atoms with Crippen LogP contribution in [0.2, 0.25) is 0 Å². The number of benzene rings is 1. The molecule has 1 aliphatic rings. The Morgan fingerprint density at radius 1 is 1.15 bits per heavy atom. The summed E-state index contributed by atoms with van der Waals surface area (Å²) in [6.45, 7) is 2.31. The van der Waals surface area contributed by atoms with E-state index in [1.54, 1.807) is 18.3 Å². The number of pyridine rings is 1. The average Bonchev–Trinajstić information content (AvgIpc) is 2.46. The number of nitrogens with zero attached hydrogens (tertiary/aromatic N) is 3. The van der Waals surface area contributed by atoms with Gasteiger partial charge in [-0.25, -0.2) is 4.79 Å². The van der Waals surface area contributed by atoms with E-state index in [2.05, 4.69) is 9.88 Å². The summed E-state index contributed by atoms with van der Waals surface area (Å²) in [5.41, 5.74) is 1.77. The van der Waals surface area contributed by atoms with Crippen LogP contribution in [0.4, 0.5) is 10.5 Å². The molecule has 0 bridgehead atoms. The molecule has 6 nitrogen and oxygen atoms in total. The van der Waals surface area contributed by atoms with Crippen LogP contribution in [0.1, 0.15) is 0 Å². The molecule has 0 atom stereocenters. The van der Waals surface area contributed by atoms with E-state index in [0.717, 1.165) is 16.6 Å². The van der Waals surface area contributed by atoms with Crippen molar-refractivity contribution in [2.24, 2.45) is 0 Å². The van der Waals surface area contributed by atoms with E-state index in [-0.39, 0.29) is 5.75 Å². The molecule has 6 heteroatoms. The lowest BCUT2D eigenvalue weighted by Gasteiger charge is -2.35. The highest BCUT2D eigenvalue weighted by molar-refractivity contribution is 5.92. The highest BCUT2D eigenvalue weighted by Crippen LogP contribution is 2.28. The molecular weight excluding hydrogens is 258 g/mol. The molecule has 1 aliphatic heterocycles. The van der Waals surface area contributed by atoms with Gasteiger partial charge in [0.25, 0.3) is 0 Å². The number of hydrogen-bond acceptors (Lipinski definition) is 4. The second kappa shape index (κ2) is 4.88. The quantitative estimate of drug-likeness (QED) is 0.827. The monoisotopic (exact) mass is 273 g/mol. The lowest BCUT2D eigenvalue weighted by Crippen LogP contribution is -2.48. The zero-order valence-corrected chi connectivity index (χ0v) is 10.9. The van der Waals surface area contributed by atoms with Gasteiger partial charge in [0.05, 0.1) is 5.52 Å². The predicted octanol–water partition coefficient (Wildman–Crippen LogP) is 1.74. The van der Waals surface area contributed by atoms with Crippen LogP contribution in [0.3, 0.4) is 0 Å². The van der Waals surface area contributed by atoms with Gasteiger partial charge in [-0.2, -0.15) is 0 Å². The van der Waals surface area contributed by atoms with Crippen molar-refractivity contribution in [1.82, 2.24) is 9.88 Å². The molecule has 0 radical (unpaired) electrons. The summed E-state index contributed by atoms with van der Waals surface area (Å²) in [4.78, 5) is 18.7. The Hall–Kier alpha value is -2.50. The van der Waals surface area contributed by atoms with Crippen molar-refractivity contribution >= 4 is 22.7 Å². The van der Waals surface area contributed by atoms with Gasteiger partial charge >= 0.3 is 6.09 Å². The lowest BCUT2D eigenvalue weighted by atomic mass is 10.1. The maximum Gasteiger partial charge on any atom is 0.407 e. The third-order valence-electron chi connectivity index (χ3n) is 3.59. The number of aromatic nitrogens is 1. The first kappa shape index (κ1) is 12.5. The summed E-state index contributed by atoms with van der Waals surface area (Å²) in [5.74, 6) is 0.192. The molecule has 1 aromatic heterocycles. The number of phenolic OH excluding ortho intramolecular Hbond substituents is 1. The number of rotatable bonds is 1. The Kier molecular flexibility index (Phi) is 3.06. The number of carboxylic acid groups (broad SMARTS) is 1. The first-order valence-electron chi connectivity index (χ1n) is 6.46. The summed E-state index contributed by atoms with van der Waals surface area (Å²) < 4.78 is 0. The average molecular weight is 273 g/mol. The molecule has 20 heavy (non-hydrogen) atoms. The Morgan fingerprint density at radius 2 is 1.90 bits per heavy atom. The number of hydrogen-bond donors (Lipinski definition) is 2. The number of phenols is 1. The first-order valence-corrected chi connectivity index (χ1v) is 6.46. The smallest absolute Gasteiger partial charge is 0.407 e. The van der Waals surface area contributed by atoms with Crippen LogP contribution in [0.5, 0.6) is 5.75 Å². The summed E-state index contributed by atoms with van der Waals surface area (Å²) in [6.07, 6.45) is 0.842. The van der Waals surface area contributed by atoms with E-state index in [0.29, 0.717) is 26.2 Å². The molecule has 0 unspecified atom stereocenters. The fraction of sp³-hybridized carbons (Fsp3) is 0.286. The molecule has 1 aromatic carbocycles. The van der Waals surface area contributed by atoms with Crippen molar-refractivity contribution in [2.75, 3.05) is 31.1 Å². The molecule has 2 heterocycles. The van der Waals surface area contributed by atoms with E-state index < -0.39 is 6.09 Å². The molecular formula is C14H15N3O3. The Bertz CT molecular complexity index is 651. The topological polar surface area (TPSA) is 76.9 Å². The second-order valence-corrected chi connectivity index (χ2v) is 4.79. The molecule has 0 aliphatic carbocycles. The van der Waals surface area contributed by atoms with Crippen LogP contribution in [-0.4, -0.2) is 52.4 Å². The minimum Gasteiger partial charge on any atom is -0.508 e. The predicted molar refractivity (Wildman–Crippen MR) is 75.2 cm³/mol. The minimum atomic E-state index is -0.867. The molecule has 2 aromatic rings. The van der Waals surface area contributed by atoms with Crippen LogP contribution in [0, 0.1) is 0 Å². The molecule has 0 saturated carbocycles. The zero-order valence-electron chi connectivity index (χ0n) is 10.9. The van der Waals surface area contributed by atoms with E-state index in [1.807, 2.05) is 12.1 Å². The highest BCUT2D eigenvalue weighted by atomic mass is 16.4. The van der Waals surface area contributed by atoms with Crippen LogP contribution in [0.15, 0.2) is 30.5 Å². The Morgan fingerprint density at radius 3 is 2.60 bits per heavy atom. The molecule has 104 valence electrons. The number of anilines is 1. The van der Waals surface area contributed by atoms with Gasteiger partial charge in [-0.05, 0) is 18.2 Å². The van der Waals surface area contributed by atoms with Gasteiger partial charge in [0.2, 0.25) is 0 Å². The van der Waals surface area contributed by atoms with Crippen molar-refractivity contribution in [3.63, 3.8) is 0 Å². The van der Waals surface area contributed by atoms with Crippen LogP contribution < -0.4 is 4.90 Å². The molecule has 1 saturated heterocycles. The normalized spacial score (nSPS) is 15.6. The van der Waals surface area contributed by atoms with Gasteiger partial charge in [0, 0.05) is 49.5 Å². The number of aromatic hydroxyl groups is 1. The van der Waals surface area contributed by atoms with E-state index in [1.165, 1.54) is 4.90 Å². The van der Waals surface area contributed by atoms with Crippen molar-refractivity contribution in [2.45, 2.75) is 0 Å². The largest absolute Gasteiger partial charge is 0.508 e. The molecule has 2 N–H and O–H groups in total. The van der Waals surface area contributed by atoms with Crippen LogP contribution in [-0.2, 0) is 0 Å². The van der Waals surface area contributed by atoms with Gasteiger partial charge in [-0.15, -0.1) is 0 Å². The molecule has 0 spiro atoms. The molecule has 1 amide bonds. The van der Waals surface area contributed by atoms with Crippen LogP contribution in [0.25, 0.3) is 10.9 Å². The van der Waals surface area contributed by atoms with Crippen molar-refractivity contribution in [1.29, 1.82) is 0 Å². The third-order valence-corrected chi connectivity index (χ3v) is 3.59. The SMILES string of the molecule is O=C(O)N1CCN(c2ccnc3cc(O)ccc23)CC1. The van der Waals surface area contributed by atoms with E-state index in [4.69, 9.17) is 5.11 Å². The summed E-state index contributed by atoms with van der Waals surface area (Å²) in [6, 6.07) is 7.04. The highest BCUT2D eigenvalue weighted by Gasteiger charge is 2.21. The fourth-order valence-electron chi connectivity index (χ4n) is 2.54. The summed E-state index contributed by atoms with van der Waals surface area (Å²) >= 11 is 0. The van der Waals surface area contributed by atoms with Crippen LogP contribution >= 0.6 is 0 Å². The van der Waals surface area contributed by atoms with Gasteiger partial charge in [-0.1, -0.05) is 0 Å². The summed E-state index contributed by atoms with van der Waals surface area (Å²) in [7, 11) is 0. The van der Waals surface area contributed by atoms with Crippen molar-refractivity contribution in [3.05, 3.63) is 30.5 Å². The van der Waals surface area contributed by atoms with Crippen molar-refractivity contribution < 1.29 is 15.0 Å². The minimum absolute atomic E-state index is 0.192. The molecule has 3 rings (SSSR count). The van der Waals surface area contributed by atoms with Gasteiger partial charge in [-0.3, -0.25) is 4.98 Å². The number of piperazine rings is 1. The second-order valence-electron chi connectivity index (χ2n) is 4.79. The van der Waals surface area contributed by atoms with Crippen molar-refractivity contribution in [3.8, 4) is 5.75 Å². The lowest BCUT2D eigenvalue weighted by molar-refractivity contribution is 0.142. The first-order chi connectivity index (χ1) is 9.65. The maximum atomic E-state index is 10.9. The Balaban J connectivity index is 1.90. The van der Waals surface area contributed by atoms with Gasteiger partial charge < -0.3 is 20.0 Å².